The molecule has 1 saturated heterocycles. The van der Waals surface area contributed by atoms with E-state index < -0.39 is 0 Å². The Hall–Kier alpha value is -1.85. The molecule has 0 aliphatic carbocycles. The molecule has 1 fully saturated rings. The Labute approximate surface area is 144 Å². The molecule has 1 amide bonds. The minimum Gasteiger partial charge on any atom is -0.357 e. The van der Waals surface area contributed by atoms with E-state index in [4.69, 9.17) is 23.2 Å². The van der Waals surface area contributed by atoms with Crippen molar-refractivity contribution in [2.24, 2.45) is 0 Å². The number of carbonyl (C=O) groups is 1. The van der Waals surface area contributed by atoms with Gasteiger partial charge < -0.3 is 10.2 Å². The minimum absolute atomic E-state index is 0.249. The number of nitrogens with one attached hydrogen (secondary N) is 1. The number of benzene rings is 1. The molecule has 1 aromatic heterocycles. The van der Waals surface area contributed by atoms with Gasteiger partial charge in [0.1, 0.15) is 11.6 Å². The zero-order chi connectivity index (χ0) is 16.2. The Morgan fingerprint density at radius 3 is 2.74 bits per heavy atom. The maximum atomic E-state index is 12.2. The van der Waals surface area contributed by atoms with E-state index in [0.717, 1.165) is 18.9 Å². The molecule has 7 heteroatoms. The lowest BCUT2D eigenvalue weighted by molar-refractivity contribution is 0.0950. The lowest BCUT2D eigenvalue weighted by Gasteiger charge is -2.16. The second-order valence-electron chi connectivity index (χ2n) is 5.33. The first-order valence-corrected chi connectivity index (χ1v) is 8.19. The van der Waals surface area contributed by atoms with Crippen LogP contribution in [-0.4, -0.2) is 29.0 Å². The summed E-state index contributed by atoms with van der Waals surface area (Å²) in [7, 11) is 0. The summed E-state index contributed by atoms with van der Waals surface area (Å²) in [6.45, 7) is 2.28. The Kier molecular flexibility index (Phi) is 4.98. The number of anilines is 1. The average molecular weight is 351 g/mol. The molecule has 1 aliphatic heterocycles. The zero-order valence-electron chi connectivity index (χ0n) is 12.4. The van der Waals surface area contributed by atoms with E-state index in [2.05, 4.69) is 20.2 Å². The van der Waals surface area contributed by atoms with Gasteiger partial charge in [-0.3, -0.25) is 4.79 Å². The number of carbonyl (C=O) groups excluding carboxylic acids is 1. The van der Waals surface area contributed by atoms with Crippen LogP contribution in [0.2, 0.25) is 10.0 Å². The molecule has 0 bridgehead atoms. The van der Waals surface area contributed by atoms with Crippen molar-refractivity contribution in [2.45, 2.75) is 19.4 Å². The molecule has 23 heavy (non-hydrogen) atoms. The molecular weight excluding hydrogens is 335 g/mol. The van der Waals surface area contributed by atoms with Crippen molar-refractivity contribution in [1.29, 1.82) is 0 Å². The lowest BCUT2D eigenvalue weighted by Crippen LogP contribution is -2.25. The highest BCUT2D eigenvalue weighted by atomic mass is 35.5. The third-order valence-corrected chi connectivity index (χ3v) is 4.25. The van der Waals surface area contributed by atoms with Crippen molar-refractivity contribution in [3.8, 4) is 0 Å². The van der Waals surface area contributed by atoms with Crippen LogP contribution in [-0.2, 0) is 6.54 Å². The third kappa shape index (κ3) is 3.92. The average Bonchev–Trinajstić information content (AvgIpc) is 3.07. The topological polar surface area (TPSA) is 58.1 Å². The van der Waals surface area contributed by atoms with Gasteiger partial charge in [0.2, 0.25) is 0 Å². The van der Waals surface area contributed by atoms with E-state index in [9.17, 15) is 4.79 Å². The number of rotatable bonds is 4. The van der Waals surface area contributed by atoms with E-state index in [1.54, 1.807) is 24.4 Å². The second kappa shape index (κ2) is 7.15. The van der Waals surface area contributed by atoms with Crippen LogP contribution in [0, 0.1) is 0 Å². The fraction of sp³-hybridized carbons (Fsp3) is 0.312. The van der Waals surface area contributed by atoms with Crippen LogP contribution in [0.3, 0.4) is 0 Å². The lowest BCUT2D eigenvalue weighted by atomic mass is 10.2. The molecule has 1 aromatic carbocycles. The first-order chi connectivity index (χ1) is 11.1. The predicted molar refractivity (Wildman–Crippen MR) is 91.1 cm³/mol. The number of hydrogen-bond donors (Lipinski definition) is 1. The summed E-state index contributed by atoms with van der Waals surface area (Å²) in [4.78, 5) is 23.1. The molecule has 0 saturated carbocycles. The van der Waals surface area contributed by atoms with Gasteiger partial charge in [0.15, 0.2) is 0 Å². The van der Waals surface area contributed by atoms with Crippen molar-refractivity contribution in [3.05, 3.63) is 51.9 Å². The summed E-state index contributed by atoms with van der Waals surface area (Å²) in [5, 5.41) is 3.60. The normalized spacial score (nSPS) is 14.1. The molecule has 3 rings (SSSR count). The molecule has 0 atom stereocenters. The van der Waals surface area contributed by atoms with Gasteiger partial charge in [0, 0.05) is 24.3 Å². The van der Waals surface area contributed by atoms with Gasteiger partial charge in [-0.1, -0.05) is 23.2 Å². The quantitative estimate of drug-likeness (QED) is 0.918. The highest BCUT2D eigenvalue weighted by molar-refractivity contribution is 6.36. The van der Waals surface area contributed by atoms with Crippen molar-refractivity contribution >= 4 is 34.9 Å². The van der Waals surface area contributed by atoms with E-state index in [0.29, 0.717) is 21.4 Å². The Balaban J connectivity index is 1.65. The summed E-state index contributed by atoms with van der Waals surface area (Å²) in [6.07, 6.45) is 4.09. The van der Waals surface area contributed by atoms with Crippen LogP contribution in [0.15, 0.2) is 30.5 Å². The van der Waals surface area contributed by atoms with Crippen molar-refractivity contribution in [2.75, 3.05) is 18.0 Å². The van der Waals surface area contributed by atoms with Gasteiger partial charge in [0.25, 0.3) is 5.91 Å². The SMILES string of the molecule is O=C(NCc1nccc(N2CCCC2)n1)c1ccc(Cl)cc1Cl. The van der Waals surface area contributed by atoms with Crippen molar-refractivity contribution in [3.63, 3.8) is 0 Å². The number of amides is 1. The van der Waals surface area contributed by atoms with Crippen LogP contribution in [0.25, 0.3) is 0 Å². The maximum absolute atomic E-state index is 12.2. The molecule has 5 nitrogen and oxygen atoms in total. The fourth-order valence-corrected chi connectivity index (χ4v) is 3.02. The van der Waals surface area contributed by atoms with E-state index >= 15 is 0 Å². The highest BCUT2D eigenvalue weighted by Gasteiger charge is 2.15. The second-order valence-corrected chi connectivity index (χ2v) is 6.18. The Morgan fingerprint density at radius 2 is 2.00 bits per heavy atom. The first kappa shape index (κ1) is 16.0. The molecule has 1 aliphatic rings. The van der Waals surface area contributed by atoms with Gasteiger partial charge >= 0.3 is 0 Å². The number of halogens is 2. The summed E-state index contributed by atoms with van der Waals surface area (Å²) >= 11 is 11.9. The van der Waals surface area contributed by atoms with Gasteiger partial charge in [-0.15, -0.1) is 0 Å². The molecular formula is C16H16Cl2N4O. The van der Waals surface area contributed by atoms with Crippen LogP contribution in [0.4, 0.5) is 5.82 Å². The van der Waals surface area contributed by atoms with Gasteiger partial charge in [-0.25, -0.2) is 9.97 Å². The van der Waals surface area contributed by atoms with Gasteiger partial charge in [-0.05, 0) is 37.1 Å². The molecule has 0 unspecified atom stereocenters. The molecule has 0 radical (unpaired) electrons. The number of nitrogens with zero attached hydrogens (tertiary/aromatic N) is 3. The summed E-state index contributed by atoms with van der Waals surface area (Å²) in [6, 6.07) is 6.67. The van der Waals surface area contributed by atoms with Gasteiger partial charge in [0.05, 0.1) is 17.1 Å². The Morgan fingerprint density at radius 1 is 1.22 bits per heavy atom. The van der Waals surface area contributed by atoms with Crippen molar-refractivity contribution in [1.82, 2.24) is 15.3 Å². The van der Waals surface area contributed by atoms with E-state index in [1.165, 1.54) is 12.8 Å². The smallest absolute Gasteiger partial charge is 0.253 e. The van der Waals surface area contributed by atoms with Crippen LogP contribution >= 0.6 is 23.2 Å². The number of hydrogen-bond acceptors (Lipinski definition) is 4. The summed E-state index contributed by atoms with van der Waals surface area (Å²) in [5.41, 5.74) is 0.381. The highest BCUT2D eigenvalue weighted by Crippen LogP contribution is 2.21. The Bertz CT molecular complexity index is 717. The van der Waals surface area contributed by atoms with Crippen LogP contribution in [0.5, 0.6) is 0 Å². The van der Waals surface area contributed by atoms with E-state index in [1.807, 2.05) is 6.07 Å². The third-order valence-electron chi connectivity index (χ3n) is 3.70. The van der Waals surface area contributed by atoms with Gasteiger partial charge in [-0.2, -0.15) is 0 Å². The predicted octanol–water partition coefficient (Wildman–Crippen LogP) is 3.31. The standard InChI is InChI=1S/C16H16Cl2N4O/c17-11-3-4-12(13(18)9-11)16(23)20-10-14-19-6-5-15(21-14)22-7-1-2-8-22/h3-6,9H,1-2,7-8,10H2,(H,20,23). The minimum atomic E-state index is -0.276. The molecule has 2 heterocycles. The molecule has 0 spiro atoms. The number of aromatic nitrogens is 2. The molecule has 1 N–H and O–H groups in total. The van der Waals surface area contributed by atoms with Crippen LogP contribution in [0.1, 0.15) is 29.0 Å². The monoisotopic (exact) mass is 350 g/mol. The van der Waals surface area contributed by atoms with E-state index in [-0.39, 0.29) is 12.5 Å². The van der Waals surface area contributed by atoms with Crippen molar-refractivity contribution < 1.29 is 4.79 Å². The first-order valence-electron chi connectivity index (χ1n) is 7.43. The molecule has 120 valence electrons. The molecule has 2 aromatic rings. The fourth-order valence-electron chi connectivity index (χ4n) is 2.52. The largest absolute Gasteiger partial charge is 0.357 e. The summed E-state index contributed by atoms with van der Waals surface area (Å²) < 4.78 is 0. The maximum Gasteiger partial charge on any atom is 0.253 e. The zero-order valence-corrected chi connectivity index (χ0v) is 13.9. The summed E-state index contributed by atoms with van der Waals surface area (Å²) in [5.74, 6) is 1.21. The van der Waals surface area contributed by atoms with Crippen LogP contribution < -0.4 is 10.2 Å².